The molecule has 0 bridgehead atoms. The molecule has 158 valence electrons. The molecule has 0 spiro atoms. The quantitative estimate of drug-likeness (QED) is 0.806. The molecule has 0 saturated carbocycles. The molecule has 1 aromatic heterocycles. The molecular weight excluding hydrogens is 371 g/mol. The van der Waals surface area contributed by atoms with E-state index in [4.69, 9.17) is 4.74 Å². The smallest absolute Gasteiger partial charge is 0.254 e. The standard InChI is InChI=1S/C22H31FN4O2/c1-6-20-19(11-25-27(20)18-9-7-17(23)8-10-18)21(28)24-14-22(4,5)26-12-15(2)29-16(3)13-26/h7-11,15-16H,6,12-14H2,1-5H3,(H,24,28)/t15-,16-/m1/s1. The number of rotatable bonds is 6. The first-order valence-corrected chi connectivity index (χ1v) is 10.2. The van der Waals surface area contributed by atoms with Gasteiger partial charge >= 0.3 is 0 Å². The molecule has 6 nitrogen and oxygen atoms in total. The lowest BCUT2D eigenvalue weighted by Gasteiger charge is -2.45. The third kappa shape index (κ3) is 4.85. The third-order valence-corrected chi connectivity index (χ3v) is 5.48. The van der Waals surface area contributed by atoms with Gasteiger partial charge in [0, 0.05) is 25.2 Å². The van der Waals surface area contributed by atoms with Crippen LogP contribution in [0.25, 0.3) is 5.69 Å². The van der Waals surface area contributed by atoms with Crippen LogP contribution in [0.5, 0.6) is 0 Å². The van der Waals surface area contributed by atoms with E-state index in [2.05, 4.69) is 43.0 Å². The molecule has 3 rings (SSSR count). The average Bonchev–Trinajstić information content (AvgIpc) is 3.10. The average molecular weight is 403 g/mol. The maximum atomic E-state index is 13.2. The van der Waals surface area contributed by atoms with Gasteiger partial charge in [-0.1, -0.05) is 6.92 Å². The second kappa shape index (κ2) is 8.63. The molecule has 29 heavy (non-hydrogen) atoms. The first-order valence-electron chi connectivity index (χ1n) is 10.2. The highest BCUT2D eigenvalue weighted by atomic mass is 19.1. The third-order valence-electron chi connectivity index (χ3n) is 5.48. The number of morpholine rings is 1. The molecule has 0 aliphatic carbocycles. The van der Waals surface area contributed by atoms with Crippen molar-refractivity contribution in [2.24, 2.45) is 0 Å². The van der Waals surface area contributed by atoms with E-state index in [9.17, 15) is 9.18 Å². The van der Waals surface area contributed by atoms with Crippen molar-refractivity contribution in [1.82, 2.24) is 20.0 Å². The summed E-state index contributed by atoms with van der Waals surface area (Å²) in [7, 11) is 0. The monoisotopic (exact) mass is 402 g/mol. The fraction of sp³-hybridized carbons (Fsp3) is 0.545. The van der Waals surface area contributed by atoms with Gasteiger partial charge in [-0.15, -0.1) is 0 Å². The minimum Gasteiger partial charge on any atom is -0.373 e. The molecule has 1 amide bonds. The Bertz CT molecular complexity index is 837. The number of hydrogen-bond acceptors (Lipinski definition) is 4. The van der Waals surface area contributed by atoms with Crippen molar-refractivity contribution in [1.29, 1.82) is 0 Å². The van der Waals surface area contributed by atoms with Crippen LogP contribution in [0, 0.1) is 5.82 Å². The fourth-order valence-electron chi connectivity index (χ4n) is 3.88. The predicted octanol–water partition coefficient (Wildman–Crippen LogP) is 3.19. The summed E-state index contributed by atoms with van der Waals surface area (Å²) in [6.07, 6.45) is 2.58. The lowest BCUT2D eigenvalue weighted by atomic mass is 10.00. The molecular formula is C22H31FN4O2. The van der Waals surface area contributed by atoms with Crippen LogP contribution in [-0.4, -0.2) is 58.0 Å². The molecule has 1 aliphatic rings. The van der Waals surface area contributed by atoms with Gasteiger partial charge in [-0.2, -0.15) is 5.10 Å². The molecule has 1 aromatic carbocycles. The number of aromatic nitrogens is 2. The molecule has 2 atom stereocenters. The highest BCUT2D eigenvalue weighted by Gasteiger charge is 2.33. The van der Waals surface area contributed by atoms with Crippen LogP contribution in [-0.2, 0) is 11.2 Å². The first-order chi connectivity index (χ1) is 13.7. The lowest BCUT2D eigenvalue weighted by molar-refractivity contribution is -0.0948. The van der Waals surface area contributed by atoms with Gasteiger partial charge in [0.2, 0.25) is 0 Å². The molecule has 1 saturated heterocycles. The number of nitrogens with one attached hydrogen (secondary N) is 1. The molecule has 2 aromatic rings. The maximum absolute atomic E-state index is 13.2. The van der Waals surface area contributed by atoms with Gasteiger partial charge < -0.3 is 10.1 Å². The first kappa shape index (κ1) is 21.5. The summed E-state index contributed by atoms with van der Waals surface area (Å²) in [5.41, 5.74) is 1.90. The molecule has 2 heterocycles. The number of amides is 1. The van der Waals surface area contributed by atoms with Crippen molar-refractivity contribution in [2.45, 2.75) is 58.8 Å². The Labute approximate surface area is 172 Å². The van der Waals surface area contributed by atoms with E-state index >= 15 is 0 Å². The fourth-order valence-corrected chi connectivity index (χ4v) is 3.88. The van der Waals surface area contributed by atoms with Crippen molar-refractivity contribution in [3.05, 3.63) is 47.5 Å². The Morgan fingerprint density at radius 3 is 2.45 bits per heavy atom. The summed E-state index contributed by atoms with van der Waals surface area (Å²) < 4.78 is 20.8. The van der Waals surface area contributed by atoms with Gasteiger partial charge in [-0.05, 0) is 58.4 Å². The zero-order valence-corrected chi connectivity index (χ0v) is 17.9. The normalized spacial score (nSPS) is 20.6. The van der Waals surface area contributed by atoms with E-state index < -0.39 is 0 Å². The zero-order chi connectivity index (χ0) is 21.2. The van der Waals surface area contributed by atoms with Crippen LogP contribution < -0.4 is 5.32 Å². The number of carbonyl (C=O) groups is 1. The maximum Gasteiger partial charge on any atom is 0.254 e. The highest BCUT2D eigenvalue weighted by molar-refractivity contribution is 5.95. The summed E-state index contributed by atoms with van der Waals surface area (Å²) in [5.74, 6) is -0.441. The second-order valence-corrected chi connectivity index (χ2v) is 8.40. The van der Waals surface area contributed by atoms with Gasteiger partial charge in [0.25, 0.3) is 5.91 Å². The molecule has 7 heteroatoms. The van der Waals surface area contributed by atoms with Gasteiger partial charge in [0.1, 0.15) is 5.82 Å². The van der Waals surface area contributed by atoms with Crippen molar-refractivity contribution in [2.75, 3.05) is 19.6 Å². The van der Waals surface area contributed by atoms with Gasteiger partial charge in [0.15, 0.2) is 0 Å². The highest BCUT2D eigenvalue weighted by Crippen LogP contribution is 2.21. The number of carbonyl (C=O) groups excluding carboxylic acids is 1. The van der Waals surface area contributed by atoms with E-state index in [1.165, 1.54) is 12.1 Å². The Morgan fingerprint density at radius 1 is 1.24 bits per heavy atom. The SMILES string of the molecule is CCc1c(C(=O)NCC(C)(C)N2C[C@@H](C)O[C@H](C)C2)cnn1-c1ccc(F)cc1. The van der Waals surface area contributed by atoms with Crippen LogP contribution in [0.15, 0.2) is 30.5 Å². The van der Waals surface area contributed by atoms with Crippen LogP contribution in [0.2, 0.25) is 0 Å². The summed E-state index contributed by atoms with van der Waals surface area (Å²) >= 11 is 0. The number of nitrogens with zero attached hydrogens (tertiary/aromatic N) is 3. The summed E-state index contributed by atoms with van der Waals surface area (Å²) in [4.78, 5) is 15.3. The summed E-state index contributed by atoms with van der Waals surface area (Å²) in [6, 6.07) is 6.10. The van der Waals surface area contributed by atoms with Crippen molar-refractivity contribution < 1.29 is 13.9 Å². The van der Waals surface area contributed by atoms with Crippen molar-refractivity contribution in [3.8, 4) is 5.69 Å². The topological polar surface area (TPSA) is 59.4 Å². The van der Waals surface area contributed by atoms with E-state index in [1.807, 2.05) is 6.92 Å². The largest absolute Gasteiger partial charge is 0.373 e. The minimum absolute atomic E-state index is 0.141. The summed E-state index contributed by atoms with van der Waals surface area (Å²) in [6.45, 7) is 12.6. The number of ether oxygens (including phenoxy) is 1. The number of benzene rings is 1. The van der Waals surface area contributed by atoms with E-state index in [0.717, 1.165) is 24.5 Å². The van der Waals surface area contributed by atoms with E-state index in [-0.39, 0.29) is 29.5 Å². The lowest BCUT2D eigenvalue weighted by Crippen LogP contribution is -2.58. The van der Waals surface area contributed by atoms with Gasteiger partial charge in [-0.25, -0.2) is 9.07 Å². The second-order valence-electron chi connectivity index (χ2n) is 8.40. The van der Waals surface area contributed by atoms with Crippen LogP contribution in [0.4, 0.5) is 4.39 Å². The van der Waals surface area contributed by atoms with Crippen LogP contribution in [0.1, 0.15) is 50.7 Å². The van der Waals surface area contributed by atoms with Crippen LogP contribution >= 0.6 is 0 Å². The van der Waals surface area contributed by atoms with E-state index in [1.54, 1.807) is 23.0 Å². The number of hydrogen-bond donors (Lipinski definition) is 1. The molecule has 1 N–H and O–H groups in total. The Morgan fingerprint density at radius 2 is 1.86 bits per heavy atom. The predicted molar refractivity (Wildman–Crippen MR) is 111 cm³/mol. The Balaban J connectivity index is 1.71. The van der Waals surface area contributed by atoms with E-state index in [0.29, 0.717) is 18.5 Å². The Kier molecular flexibility index (Phi) is 6.39. The molecule has 0 radical (unpaired) electrons. The molecule has 0 unspecified atom stereocenters. The van der Waals surface area contributed by atoms with Crippen LogP contribution in [0.3, 0.4) is 0 Å². The zero-order valence-electron chi connectivity index (χ0n) is 17.9. The van der Waals surface area contributed by atoms with Gasteiger partial charge in [-0.3, -0.25) is 9.69 Å². The van der Waals surface area contributed by atoms with Crippen molar-refractivity contribution >= 4 is 5.91 Å². The van der Waals surface area contributed by atoms with Crippen molar-refractivity contribution in [3.63, 3.8) is 0 Å². The Hall–Kier alpha value is -2.25. The van der Waals surface area contributed by atoms with Gasteiger partial charge in [0.05, 0.1) is 35.3 Å². The molecule has 1 fully saturated rings. The summed E-state index contributed by atoms with van der Waals surface area (Å²) in [5, 5.41) is 7.45. The minimum atomic E-state index is -0.300. The number of halogens is 1. The molecule has 1 aliphatic heterocycles.